The Morgan fingerprint density at radius 2 is 2.00 bits per heavy atom. The lowest BCUT2D eigenvalue weighted by atomic mass is 10.3. The van der Waals surface area contributed by atoms with Gasteiger partial charge in [-0.1, -0.05) is 0 Å². The summed E-state index contributed by atoms with van der Waals surface area (Å²) in [5, 5.41) is 0. The molecule has 0 aromatic rings. The molecule has 0 aliphatic rings. The molecular formula is C9H21NOS. The van der Waals surface area contributed by atoms with Crippen LogP contribution in [0.5, 0.6) is 0 Å². The molecule has 0 aromatic heterocycles. The highest BCUT2D eigenvalue weighted by molar-refractivity contribution is 7.80. The van der Waals surface area contributed by atoms with Crippen LogP contribution in [0.15, 0.2) is 0 Å². The van der Waals surface area contributed by atoms with E-state index < -0.39 is 0 Å². The van der Waals surface area contributed by atoms with Crippen molar-refractivity contribution < 1.29 is 4.74 Å². The maximum absolute atomic E-state index is 5.04. The molecule has 0 saturated carbocycles. The van der Waals surface area contributed by atoms with Crippen LogP contribution in [0, 0.1) is 0 Å². The number of hydrogen-bond acceptors (Lipinski definition) is 3. The minimum absolute atomic E-state index is 0.611. The Morgan fingerprint density at radius 3 is 2.42 bits per heavy atom. The third-order valence-electron chi connectivity index (χ3n) is 1.92. The van der Waals surface area contributed by atoms with Gasteiger partial charge in [0, 0.05) is 19.7 Å². The highest BCUT2D eigenvalue weighted by Crippen LogP contribution is 1.99. The first-order chi connectivity index (χ1) is 5.72. The normalized spacial score (nSPS) is 11.5. The van der Waals surface area contributed by atoms with Crippen LogP contribution in [0.25, 0.3) is 0 Å². The summed E-state index contributed by atoms with van der Waals surface area (Å²) < 4.78 is 5.04. The molecule has 0 aliphatic heterocycles. The van der Waals surface area contributed by atoms with Gasteiger partial charge in [-0.25, -0.2) is 0 Å². The second-order valence-electron chi connectivity index (χ2n) is 3.20. The zero-order chi connectivity index (χ0) is 9.40. The average molecular weight is 191 g/mol. The van der Waals surface area contributed by atoms with E-state index in [-0.39, 0.29) is 0 Å². The van der Waals surface area contributed by atoms with Crippen molar-refractivity contribution >= 4 is 12.6 Å². The van der Waals surface area contributed by atoms with Gasteiger partial charge in [0.2, 0.25) is 0 Å². The molecular weight excluding hydrogens is 170 g/mol. The van der Waals surface area contributed by atoms with E-state index in [1.807, 2.05) is 0 Å². The summed E-state index contributed by atoms with van der Waals surface area (Å²) in [4.78, 5) is 2.42. The molecule has 0 spiro atoms. The van der Waals surface area contributed by atoms with Crippen LogP contribution in [-0.2, 0) is 4.74 Å². The number of methoxy groups -OCH3 is 1. The van der Waals surface area contributed by atoms with E-state index in [2.05, 4.69) is 31.4 Å². The van der Waals surface area contributed by atoms with Crippen LogP contribution in [-0.4, -0.2) is 43.5 Å². The summed E-state index contributed by atoms with van der Waals surface area (Å²) in [5.41, 5.74) is 0. The predicted molar refractivity (Wildman–Crippen MR) is 57.1 cm³/mol. The summed E-state index contributed by atoms with van der Waals surface area (Å²) in [6, 6.07) is 0.611. The standard InChI is InChI=1S/C9H21NOS/c1-9(2)10(5-4-8-12)6-7-11-3/h9,12H,4-8H2,1-3H3. The minimum atomic E-state index is 0.611. The molecule has 3 heteroatoms. The second kappa shape index (κ2) is 7.90. The molecule has 0 rings (SSSR count). The van der Waals surface area contributed by atoms with Gasteiger partial charge in [-0.05, 0) is 32.6 Å². The highest BCUT2D eigenvalue weighted by atomic mass is 32.1. The summed E-state index contributed by atoms with van der Waals surface area (Å²) in [5.74, 6) is 0.968. The van der Waals surface area contributed by atoms with Gasteiger partial charge in [-0.15, -0.1) is 0 Å². The van der Waals surface area contributed by atoms with E-state index in [0.717, 1.165) is 31.9 Å². The number of thiol groups is 1. The van der Waals surface area contributed by atoms with Gasteiger partial charge in [0.25, 0.3) is 0 Å². The summed E-state index contributed by atoms with van der Waals surface area (Å²) >= 11 is 4.20. The fourth-order valence-corrected chi connectivity index (χ4v) is 1.25. The maximum Gasteiger partial charge on any atom is 0.0589 e. The molecule has 0 aliphatic carbocycles. The Hall–Kier alpha value is 0.270. The zero-order valence-corrected chi connectivity index (χ0v) is 9.31. The fraction of sp³-hybridized carbons (Fsp3) is 1.00. The number of nitrogens with zero attached hydrogens (tertiary/aromatic N) is 1. The summed E-state index contributed by atoms with van der Waals surface area (Å²) in [7, 11) is 1.75. The first-order valence-corrected chi connectivity index (χ1v) is 5.19. The Morgan fingerprint density at radius 1 is 1.33 bits per heavy atom. The Kier molecular flexibility index (Phi) is 8.07. The molecule has 0 unspecified atom stereocenters. The van der Waals surface area contributed by atoms with E-state index >= 15 is 0 Å². The molecule has 0 fully saturated rings. The monoisotopic (exact) mass is 191 g/mol. The van der Waals surface area contributed by atoms with E-state index in [1.165, 1.54) is 0 Å². The summed E-state index contributed by atoms with van der Waals surface area (Å²) in [6.07, 6.45) is 1.16. The number of ether oxygens (including phenoxy) is 1. The van der Waals surface area contributed by atoms with Gasteiger partial charge < -0.3 is 4.74 Å². The molecule has 0 aromatic carbocycles. The first-order valence-electron chi connectivity index (χ1n) is 4.56. The van der Waals surface area contributed by atoms with Crippen molar-refractivity contribution in [3.05, 3.63) is 0 Å². The first kappa shape index (κ1) is 12.3. The number of rotatable bonds is 7. The molecule has 2 nitrogen and oxygen atoms in total. The van der Waals surface area contributed by atoms with Gasteiger partial charge in [-0.2, -0.15) is 12.6 Å². The molecule has 0 N–H and O–H groups in total. The van der Waals surface area contributed by atoms with Crippen molar-refractivity contribution in [2.24, 2.45) is 0 Å². The van der Waals surface area contributed by atoms with Crippen LogP contribution in [0.4, 0.5) is 0 Å². The Labute approximate surface area is 81.7 Å². The third-order valence-corrected chi connectivity index (χ3v) is 2.23. The lowest BCUT2D eigenvalue weighted by Crippen LogP contribution is -2.34. The smallest absolute Gasteiger partial charge is 0.0589 e. The third kappa shape index (κ3) is 5.86. The van der Waals surface area contributed by atoms with Crippen molar-refractivity contribution in [3.8, 4) is 0 Å². The van der Waals surface area contributed by atoms with E-state index in [1.54, 1.807) is 7.11 Å². The van der Waals surface area contributed by atoms with Crippen LogP contribution in [0.2, 0.25) is 0 Å². The van der Waals surface area contributed by atoms with Gasteiger partial charge in [0.15, 0.2) is 0 Å². The van der Waals surface area contributed by atoms with Gasteiger partial charge >= 0.3 is 0 Å². The molecule has 0 amide bonds. The predicted octanol–water partition coefficient (Wildman–Crippen LogP) is 1.66. The van der Waals surface area contributed by atoms with Crippen molar-refractivity contribution in [1.82, 2.24) is 4.90 Å². The molecule has 0 bridgehead atoms. The fourth-order valence-electron chi connectivity index (χ4n) is 1.11. The lowest BCUT2D eigenvalue weighted by Gasteiger charge is -2.25. The maximum atomic E-state index is 5.04. The van der Waals surface area contributed by atoms with E-state index in [0.29, 0.717) is 6.04 Å². The van der Waals surface area contributed by atoms with Gasteiger partial charge in [-0.3, -0.25) is 4.90 Å². The topological polar surface area (TPSA) is 12.5 Å². The van der Waals surface area contributed by atoms with E-state index in [9.17, 15) is 0 Å². The van der Waals surface area contributed by atoms with Crippen LogP contribution in [0.1, 0.15) is 20.3 Å². The summed E-state index contributed by atoms with van der Waals surface area (Å²) in [6.45, 7) is 7.42. The number of hydrogen-bond donors (Lipinski definition) is 1. The highest BCUT2D eigenvalue weighted by Gasteiger charge is 2.07. The zero-order valence-electron chi connectivity index (χ0n) is 8.42. The lowest BCUT2D eigenvalue weighted by molar-refractivity contribution is 0.130. The molecule has 74 valence electrons. The van der Waals surface area contributed by atoms with Crippen molar-refractivity contribution in [1.29, 1.82) is 0 Å². The van der Waals surface area contributed by atoms with Crippen molar-refractivity contribution in [3.63, 3.8) is 0 Å². The molecule has 12 heavy (non-hydrogen) atoms. The van der Waals surface area contributed by atoms with Crippen LogP contribution < -0.4 is 0 Å². The molecule has 0 atom stereocenters. The quantitative estimate of drug-likeness (QED) is 0.615. The average Bonchev–Trinajstić information content (AvgIpc) is 2.04. The molecule has 0 radical (unpaired) electrons. The van der Waals surface area contributed by atoms with E-state index in [4.69, 9.17) is 4.74 Å². The Balaban J connectivity index is 3.55. The van der Waals surface area contributed by atoms with Gasteiger partial charge in [0.05, 0.1) is 6.61 Å². The van der Waals surface area contributed by atoms with Crippen molar-refractivity contribution in [2.75, 3.05) is 32.6 Å². The Bertz CT molecular complexity index is 90.5. The largest absolute Gasteiger partial charge is 0.383 e. The van der Waals surface area contributed by atoms with Crippen LogP contribution >= 0.6 is 12.6 Å². The van der Waals surface area contributed by atoms with Crippen LogP contribution in [0.3, 0.4) is 0 Å². The minimum Gasteiger partial charge on any atom is -0.383 e. The van der Waals surface area contributed by atoms with Crippen molar-refractivity contribution in [2.45, 2.75) is 26.3 Å². The second-order valence-corrected chi connectivity index (χ2v) is 3.65. The van der Waals surface area contributed by atoms with Gasteiger partial charge in [0.1, 0.15) is 0 Å². The molecule has 0 saturated heterocycles. The molecule has 0 heterocycles. The SMILES string of the molecule is COCCN(CCCS)C(C)C.